The number of aromatic hydroxyl groups is 1. The minimum atomic E-state index is -0.698. The van der Waals surface area contributed by atoms with Crippen LogP contribution in [-0.4, -0.2) is 27.2 Å². The van der Waals surface area contributed by atoms with E-state index in [1.807, 2.05) is 6.92 Å². The Morgan fingerprint density at radius 2 is 2.15 bits per heavy atom. The Hall–Kier alpha value is -1.62. The maximum absolute atomic E-state index is 11.4. The van der Waals surface area contributed by atoms with Gasteiger partial charge in [0, 0.05) is 18.3 Å². The van der Waals surface area contributed by atoms with Crippen molar-refractivity contribution >= 4 is 5.97 Å². The zero-order valence-corrected chi connectivity index (χ0v) is 11.5. The van der Waals surface area contributed by atoms with E-state index in [0.717, 1.165) is 25.0 Å². The predicted octanol–water partition coefficient (Wildman–Crippen LogP) is 1.68. The molecule has 2 saturated carbocycles. The number of nitrogens with zero attached hydrogens (tertiary/aromatic N) is 1. The van der Waals surface area contributed by atoms with E-state index in [0.29, 0.717) is 24.1 Å². The van der Waals surface area contributed by atoms with Crippen LogP contribution in [-0.2, 0) is 11.3 Å². The second kappa shape index (κ2) is 5.05. The molecule has 1 heterocycles. The van der Waals surface area contributed by atoms with Crippen molar-refractivity contribution in [2.75, 3.05) is 0 Å². The maximum Gasteiger partial charge on any atom is 0.308 e. The minimum Gasteiger partial charge on any atom is -0.506 e. The van der Waals surface area contributed by atoms with Crippen molar-refractivity contribution in [3.8, 4) is 5.75 Å². The molecule has 20 heavy (non-hydrogen) atoms. The lowest BCUT2D eigenvalue weighted by Gasteiger charge is -2.29. The topological polar surface area (TPSA) is 82.5 Å². The molecule has 0 aliphatic heterocycles. The average molecular weight is 276 g/mol. The number of hydrogen-bond donors (Lipinski definition) is 3. The Kier molecular flexibility index (Phi) is 3.38. The fraction of sp³-hybridized carbons (Fsp3) is 0.600. The lowest BCUT2D eigenvalue weighted by molar-refractivity contribution is -0.144. The Morgan fingerprint density at radius 3 is 2.90 bits per heavy atom. The molecule has 2 bridgehead atoms. The largest absolute Gasteiger partial charge is 0.506 e. The van der Waals surface area contributed by atoms with E-state index in [2.05, 4.69) is 10.3 Å². The van der Waals surface area contributed by atoms with Crippen molar-refractivity contribution in [1.82, 2.24) is 10.3 Å². The molecule has 0 spiro atoms. The van der Waals surface area contributed by atoms with Gasteiger partial charge in [-0.3, -0.25) is 9.78 Å². The number of pyridine rings is 1. The number of fused-ring (bicyclic) bond motifs is 2. The van der Waals surface area contributed by atoms with Crippen molar-refractivity contribution in [2.24, 2.45) is 17.8 Å². The van der Waals surface area contributed by atoms with Crippen LogP contribution in [0.25, 0.3) is 0 Å². The molecule has 0 radical (unpaired) electrons. The van der Waals surface area contributed by atoms with Crippen LogP contribution in [0, 0.1) is 24.7 Å². The summed E-state index contributed by atoms with van der Waals surface area (Å²) in [5, 5.41) is 22.5. The van der Waals surface area contributed by atoms with Crippen LogP contribution >= 0.6 is 0 Å². The second-order valence-electron chi connectivity index (χ2n) is 6.02. The Bertz CT molecular complexity index is 532. The third kappa shape index (κ3) is 2.26. The highest BCUT2D eigenvalue weighted by Gasteiger charge is 2.50. The summed E-state index contributed by atoms with van der Waals surface area (Å²) < 4.78 is 0. The highest BCUT2D eigenvalue weighted by atomic mass is 16.4. The van der Waals surface area contributed by atoms with Crippen LogP contribution in [0.5, 0.6) is 5.75 Å². The van der Waals surface area contributed by atoms with Gasteiger partial charge in [-0.2, -0.15) is 0 Å². The molecule has 108 valence electrons. The Morgan fingerprint density at radius 1 is 1.40 bits per heavy atom. The average Bonchev–Trinajstić information content (AvgIpc) is 3.00. The molecule has 1 aromatic rings. The van der Waals surface area contributed by atoms with Crippen LogP contribution in [0.2, 0.25) is 0 Å². The fourth-order valence-electron chi connectivity index (χ4n) is 3.89. The van der Waals surface area contributed by atoms with Gasteiger partial charge >= 0.3 is 5.97 Å². The highest BCUT2D eigenvalue weighted by Crippen LogP contribution is 2.48. The molecule has 5 heteroatoms. The molecule has 0 aromatic carbocycles. The van der Waals surface area contributed by atoms with E-state index in [9.17, 15) is 15.0 Å². The first-order valence-corrected chi connectivity index (χ1v) is 7.18. The molecule has 5 nitrogen and oxygen atoms in total. The van der Waals surface area contributed by atoms with Gasteiger partial charge in [-0.05, 0) is 50.2 Å². The smallest absolute Gasteiger partial charge is 0.308 e. The first kappa shape index (κ1) is 13.4. The van der Waals surface area contributed by atoms with Crippen molar-refractivity contribution in [3.05, 3.63) is 23.5 Å². The molecule has 2 fully saturated rings. The van der Waals surface area contributed by atoms with Crippen molar-refractivity contribution in [3.63, 3.8) is 0 Å². The van der Waals surface area contributed by atoms with E-state index >= 15 is 0 Å². The summed E-state index contributed by atoms with van der Waals surface area (Å²) in [6.07, 6.45) is 3.16. The minimum absolute atomic E-state index is 0.00737. The maximum atomic E-state index is 11.4. The van der Waals surface area contributed by atoms with Gasteiger partial charge in [-0.25, -0.2) is 0 Å². The summed E-state index contributed by atoms with van der Waals surface area (Å²) in [7, 11) is 0. The summed E-state index contributed by atoms with van der Waals surface area (Å²) in [6.45, 7) is 2.30. The quantitative estimate of drug-likeness (QED) is 0.779. The molecular weight excluding hydrogens is 256 g/mol. The molecule has 4 unspecified atom stereocenters. The number of carboxylic acid groups (broad SMARTS) is 1. The van der Waals surface area contributed by atoms with Gasteiger partial charge in [0.25, 0.3) is 0 Å². The third-order valence-corrected chi connectivity index (χ3v) is 4.80. The van der Waals surface area contributed by atoms with E-state index < -0.39 is 5.97 Å². The summed E-state index contributed by atoms with van der Waals surface area (Å²) in [5.74, 6) is -0.0583. The van der Waals surface area contributed by atoms with Crippen molar-refractivity contribution in [1.29, 1.82) is 0 Å². The summed E-state index contributed by atoms with van der Waals surface area (Å²) >= 11 is 0. The van der Waals surface area contributed by atoms with Crippen LogP contribution in [0.4, 0.5) is 0 Å². The number of rotatable bonds is 4. The standard InChI is InChI=1S/C15H20N2O3/c1-8-2-5-12(18)11(17-8)7-16-14-10-4-3-9(6-10)13(14)15(19)20/h2,5,9-10,13-14,16,18H,3-4,6-7H2,1H3,(H,19,20). The van der Waals surface area contributed by atoms with E-state index in [1.54, 1.807) is 12.1 Å². The monoisotopic (exact) mass is 276 g/mol. The number of hydrogen-bond acceptors (Lipinski definition) is 4. The zero-order valence-electron chi connectivity index (χ0n) is 11.5. The van der Waals surface area contributed by atoms with Crippen molar-refractivity contribution in [2.45, 2.75) is 38.8 Å². The van der Waals surface area contributed by atoms with Crippen LogP contribution < -0.4 is 5.32 Å². The van der Waals surface area contributed by atoms with Gasteiger partial charge < -0.3 is 15.5 Å². The number of carbonyl (C=O) groups is 1. The summed E-state index contributed by atoms with van der Waals surface area (Å²) in [4.78, 5) is 15.7. The predicted molar refractivity (Wildman–Crippen MR) is 73.2 cm³/mol. The van der Waals surface area contributed by atoms with E-state index in [4.69, 9.17) is 0 Å². The van der Waals surface area contributed by atoms with E-state index in [-0.39, 0.29) is 17.7 Å². The molecule has 0 amide bonds. The first-order valence-electron chi connectivity index (χ1n) is 7.18. The number of aliphatic carboxylic acids is 1. The first-order chi connectivity index (χ1) is 9.56. The molecule has 3 rings (SSSR count). The van der Waals surface area contributed by atoms with Gasteiger partial charge in [0.15, 0.2) is 0 Å². The number of aromatic nitrogens is 1. The molecule has 1 aromatic heterocycles. The molecular formula is C15H20N2O3. The zero-order chi connectivity index (χ0) is 14.3. The van der Waals surface area contributed by atoms with Gasteiger partial charge in [0.1, 0.15) is 5.75 Å². The molecule has 3 N–H and O–H groups in total. The SMILES string of the molecule is Cc1ccc(O)c(CNC2C3CCC(C3)C2C(=O)O)n1. The fourth-order valence-corrected chi connectivity index (χ4v) is 3.89. The van der Waals surface area contributed by atoms with Gasteiger partial charge in [0.2, 0.25) is 0 Å². The molecule has 4 atom stereocenters. The van der Waals surface area contributed by atoms with Crippen LogP contribution in [0.3, 0.4) is 0 Å². The molecule has 2 aliphatic carbocycles. The van der Waals surface area contributed by atoms with Gasteiger partial charge in [0.05, 0.1) is 11.6 Å². The Labute approximate surface area is 118 Å². The summed E-state index contributed by atoms with van der Waals surface area (Å²) in [5.41, 5.74) is 1.44. The van der Waals surface area contributed by atoms with Crippen LogP contribution in [0.1, 0.15) is 30.7 Å². The lowest BCUT2D eigenvalue weighted by atomic mass is 9.84. The number of carboxylic acids is 1. The van der Waals surface area contributed by atoms with Crippen molar-refractivity contribution < 1.29 is 15.0 Å². The highest BCUT2D eigenvalue weighted by molar-refractivity contribution is 5.72. The summed E-state index contributed by atoms with van der Waals surface area (Å²) in [6, 6.07) is 3.40. The van der Waals surface area contributed by atoms with Crippen LogP contribution in [0.15, 0.2) is 12.1 Å². The molecule has 0 saturated heterocycles. The Balaban J connectivity index is 1.71. The number of aryl methyl sites for hydroxylation is 1. The normalized spacial score (nSPS) is 31.6. The third-order valence-electron chi connectivity index (χ3n) is 4.80. The van der Waals surface area contributed by atoms with E-state index in [1.165, 1.54) is 0 Å². The van der Waals surface area contributed by atoms with Gasteiger partial charge in [-0.1, -0.05) is 0 Å². The lowest BCUT2D eigenvalue weighted by Crippen LogP contribution is -2.43. The second-order valence-corrected chi connectivity index (χ2v) is 6.02. The van der Waals surface area contributed by atoms with Gasteiger partial charge in [-0.15, -0.1) is 0 Å². The number of nitrogens with one attached hydrogen (secondary N) is 1. The molecule has 2 aliphatic rings.